The van der Waals surface area contributed by atoms with Gasteiger partial charge in [-0.15, -0.1) is 0 Å². The molecule has 3 N–H and O–H groups in total. The van der Waals surface area contributed by atoms with Gasteiger partial charge in [0.05, 0.1) is 13.2 Å². The van der Waals surface area contributed by atoms with Crippen molar-refractivity contribution in [3.05, 3.63) is 12.2 Å². The van der Waals surface area contributed by atoms with Crippen LogP contribution in [0, 0.1) is 0 Å². The first-order chi connectivity index (χ1) is 14.2. The normalized spacial score (nSPS) is 25.1. The van der Waals surface area contributed by atoms with E-state index in [-0.39, 0.29) is 13.2 Å². The second-order valence-electron chi connectivity index (χ2n) is 8.38. The van der Waals surface area contributed by atoms with E-state index in [1.165, 1.54) is 77.0 Å². The summed E-state index contributed by atoms with van der Waals surface area (Å²) in [7, 11) is 0. The number of hydrogen-bond donors (Lipinski definition) is 3. The van der Waals surface area contributed by atoms with E-state index in [9.17, 15) is 10.2 Å². The number of allylic oxidation sites excluding steroid dienone is 2. The lowest BCUT2D eigenvalue weighted by Gasteiger charge is -2.36. The largest absolute Gasteiger partial charge is 0.394 e. The Morgan fingerprint density at radius 3 is 1.93 bits per heavy atom. The summed E-state index contributed by atoms with van der Waals surface area (Å²) in [6, 6.07) is 0. The maximum absolute atomic E-state index is 10.0. The molecule has 1 heterocycles. The molecule has 0 spiro atoms. The molecule has 172 valence electrons. The Bertz CT molecular complexity index is 387. The van der Waals surface area contributed by atoms with E-state index in [2.05, 4.69) is 19.1 Å². The summed E-state index contributed by atoms with van der Waals surface area (Å²) in [6.07, 6.45) is 19.2. The Morgan fingerprint density at radius 1 is 0.793 bits per heavy atom. The second-order valence-corrected chi connectivity index (χ2v) is 8.38. The average molecular weight is 415 g/mol. The van der Waals surface area contributed by atoms with Crippen molar-refractivity contribution in [2.24, 2.45) is 0 Å². The fraction of sp³-hybridized carbons (Fsp3) is 0.917. The number of unbranched alkanes of at least 4 members (excludes halogenated alkanes) is 12. The third-order valence-electron chi connectivity index (χ3n) is 5.74. The zero-order chi connectivity index (χ0) is 21.2. The molecular weight excluding hydrogens is 368 g/mol. The minimum atomic E-state index is -1.08. The van der Waals surface area contributed by atoms with Crippen molar-refractivity contribution in [3.63, 3.8) is 0 Å². The van der Waals surface area contributed by atoms with Crippen LogP contribution in [0.4, 0.5) is 0 Å². The van der Waals surface area contributed by atoms with Gasteiger partial charge in [0, 0.05) is 6.61 Å². The molecule has 0 aliphatic carbocycles. The molecule has 1 fully saturated rings. The standard InChI is InChI=1S/C24H46O5/c1-2-3-4-5-6-7-8-9-10-11-12-13-14-15-16-17-18-28-22-20-29-21(19-25)23(26)24(22)27/h4-5,21-27H,2-3,6-20H2,1H3/b5-4+/t21-,22+,23-,24-/m0/s1. The first kappa shape index (κ1) is 26.6. The molecule has 0 aromatic rings. The Kier molecular flexibility index (Phi) is 16.8. The molecule has 0 aromatic heterocycles. The molecule has 0 amide bonds. The third-order valence-corrected chi connectivity index (χ3v) is 5.74. The van der Waals surface area contributed by atoms with E-state index < -0.39 is 24.4 Å². The summed E-state index contributed by atoms with van der Waals surface area (Å²) >= 11 is 0. The van der Waals surface area contributed by atoms with Gasteiger partial charge < -0.3 is 24.8 Å². The van der Waals surface area contributed by atoms with E-state index in [1.807, 2.05) is 0 Å². The second kappa shape index (κ2) is 18.3. The first-order valence-corrected chi connectivity index (χ1v) is 12.1. The Balaban J connectivity index is 1.81. The van der Waals surface area contributed by atoms with Crippen LogP contribution < -0.4 is 0 Å². The fourth-order valence-corrected chi connectivity index (χ4v) is 3.76. The van der Waals surface area contributed by atoms with Gasteiger partial charge in [0.25, 0.3) is 0 Å². The quantitative estimate of drug-likeness (QED) is 0.227. The van der Waals surface area contributed by atoms with Crippen molar-refractivity contribution >= 4 is 0 Å². The van der Waals surface area contributed by atoms with Gasteiger partial charge in [-0.05, 0) is 25.7 Å². The summed E-state index contributed by atoms with van der Waals surface area (Å²) in [5.41, 5.74) is 0. The molecule has 0 bridgehead atoms. The molecule has 0 aromatic carbocycles. The highest BCUT2D eigenvalue weighted by atomic mass is 16.6. The van der Waals surface area contributed by atoms with Crippen LogP contribution in [0.5, 0.6) is 0 Å². The Labute approximate surface area is 178 Å². The zero-order valence-corrected chi connectivity index (χ0v) is 18.6. The summed E-state index contributed by atoms with van der Waals surface area (Å²) in [5.74, 6) is 0. The van der Waals surface area contributed by atoms with Gasteiger partial charge in [0.2, 0.25) is 0 Å². The van der Waals surface area contributed by atoms with Crippen molar-refractivity contribution in [2.75, 3.05) is 19.8 Å². The molecule has 0 radical (unpaired) electrons. The Hall–Kier alpha value is -0.460. The highest BCUT2D eigenvalue weighted by Crippen LogP contribution is 2.18. The van der Waals surface area contributed by atoms with Gasteiger partial charge in [-0.1, -0.05) is 83.3 Å². The van der Waals surface area contributed by atoms with E-state index in [4.69, 9.17) is 14.6 Å². The minimum absolute atomic E-state index is 0.221. The van der Waals surface area contributed by atoms with Crippen LogP contribution >= 0.6 is 0 Å². The first-order valence-electron chi connectivity index (χ1n) is 12.1. The minimum Gasteiger partial charge on any atom is -0.394 e. The van der Waals surface area contributed by atoms with Crippen LogP contribution in [0.25, 0.3) is 0 Å². The fourth-order valence-electron chi connectivity index (χ4n) is 3.76. The molecule has 4 atom stereocenters. The van der Waals surface area contributed by atoms with Crippen molar-refractivity contribution in [2.45, 2.75) is 121 Å². The zero-order valence-electron chi connectivity index (χ0n) is 18.6. The molecule has 1 rings (SSSR count). The van der Waals surface area contributed by atoms with E-state index in [1.54, 1.807) is 0 Å². The summed E-state index contributed by atoms with van der Waals surface area (Å²) in [4.78, 5) is 0. The monoisotopic (exact) mass is 414 g/mol. The summed E-state index contributed by atoms with van der Waals surface area (Å²) < 4.78 is 11.0. The third kappa shape index (κ3) is 12.7. The lowest BCUT2D eigenvalue weighted by Crippen LogP contribution is -2.55. The van der Waals surface area contributed by atoms with Crippen LogP contribution in [0.15, 0.2) is 12.2 Å². The van der Waals surface area contributed by atoms with Gasteiger partial charge >= 0.3 is 0 Å². The number of ether oxygens (including phenoxy) is 2. The number of hydrogen-bond acceptors (Lipinski definition) is 5. The summed E-state index contributed by atoms with van der Waals surface area (Å²) in [6.45, 7) is 2.73. The van der Waals surface area contributed by atoms with Crippen LogP contribution in [0.2, 0.25) is 0 Å². The molecule has 1 saturated heterocycles. The van der Waals surface area contributed by atoms with E-state index >= 15 is 0 Å². The molecule has 5 nitrogen and oxygen atoms in total. The maximum Gasteiger partial charge on any atom is 0.111 e. The van der Waals surface area contributed by atoms with Crippen molar-refractivity contribution in [1.82, 2.24) is 0 Å². The van der Waals surface area contributed by atoms with Gasteiger partial charge in [0.1, 0.15) is 24.4 Å². The molecule has 0 saturated carbocycles. The van der Waals surface area contributed by atoms with Gasteiger partial charge in [-0.25, -0.2) is 0 Å². The van der Waals surface area contributed by atoms with Crippen LogP contribution in [0.1, 0.15) is 96.8 Å². The van der Waals surface area contributed by atoms with Gasteiger partial charge in [-0.2, -0.15) is 0 Å². The number of aliphatic hydroxyl groups excluding tert-OH is 3. The van der Waals surface area contributed by atoms with Crippen molar-refractivity contribution in [1.29, 1.82) is 0 Å². The van der Waals surface area contributed by atoms with E-state index in [0.29, 0.717) is 6.61 Å². The van der Waals surface area contributed by atoms with Gasteiger partial charge in [-0.3, -0.25) is 0 Å². The molecule has 29 heavy (non-hydrogen) atoms. The maximum atomic E-state index is 10.0. The highest BCUT2D eigenvalue weighted by Gasteiger charge is 2.38. The smallest absolute Gasteiger partial charge is 0.111 e. The van der Waals surface area contributed by atoms with Gasteiger partial charge in [0.15, 0.2) is 0 Å². The van der Waals surface area contributed by atoms with E-state index in [0.717, 1.165) is 12.8 Å². The van der Waals surface area contributed by atoms with Crippen LogP contribution in [-0.4, -0.2) is 59.6 Å². The lowest BCUT2D eigenvalue weighted by atomic mass is 10.0. The van der Waals surface area contributed by atoms with Crippen molar-refractivity contribution < 1.29 is 24.8 Å². The molecule has 0 unspecified atom stereocenters. The van der Waals surface area contributed by atoms with Crippen LogP contribution in [0.3, 0.4) is 0 Å². The predicted molar refractivity (Wildman–Crippen MR) is 118 cm³/mol. The highest BCUT2D eigenvalue weighted by molar-refractivity contribution is 4.87. The molecular formula is C24H46O5. The molecule has 1 aliphatic rings. The topological polar surface area (TPSA) is 79.2 Å². The molecule has 1 aliphatic heterocycles. The lowest BCUT2D eigenvalue weighted by molar-refractivity contribution is -0.208. The summed E-state index contributed by atoms with van der Waals surface area (Å²) in [5, 5.41) is 28.9. The van der Waals surface area contributed by atoms with Crippen LogP contribution in [-0.2, 0) is 9.47 Å². The number of aliphatic hydroxyl groups is 3. The predicted octanol–water partition coefficient (Wildman–Crippen LogP) is 4.52. The SMILES string of the molecule is CCC/C=C/CCCCCCCCCCCCCO[C@@H]1CO[C@@H](CO)[C@H](O)[C@H]1O. The number of rotatable bonds is 18. The van der Waals surface area contributed by atoms with Crippen molar-refractivity contribution in [3.8, 4) is 0 Å². The Morgan fingerprint density at radius 2 is 1.34 bits per heavy atom. The molecule has 5 heteroatoms. The average Bonchev–Trinajstić information content (AvgIpc) is 2.73.